The van der Waals surface area contributed by atoms with E-state index < -0.39 is 5.97 Å². The highest BCUT2D eigenvalue weighted by Gasteiger charge is 2.18. The third kappa shape index (κ3) is 5.03. The summed E-state index contributed by atoms with van der Waals surface area (Å²) in [5.74, 6) is -0.407. The molecule has 0 radical (unpaired) electrons. The number of hydrogen-bond acceptors (Lipinski definition) is 5. The summed E-state index contributed by atoms with van der Waals surface area (Å²) in [6.07, 6.45) is 0. The summed E-state index contributed by atoms with van der Waals surface area (Å²) in [5.41, 5.74) is 4.49. The van der Waals surface area contributed by atoms with Crippen LogP contribution in [0, 0.1) is 13.8 Å². The first-order chi connectivity index (χ1) is 16.4. The van der Waals surface area contributed by atoms with E-state index in [1.165, 1.54) is 11.8 Å². The SMILES string of the molecule is COC(=O)CN(Cc1ccccc1Cl)Cn1nc(-c2cc(C)ccc2C)c2ccccc2c1=O. The third-order valence-electron chi connectivity index (χ3n) is 5.78. The fourth-order valence-corrected chi connectivity index (χ4v) is 4.18. The predicted molar refractivity (Wildman–Crippen MR) is 135 cm³/mol. The summed E-state index contributed by atoms with van der Waals surface area (Å²) in [6.45, 7) is 4.50. The van der Waals surface area contributed by atoms with Crippen molar-refractivity contribution >= 4 is 28.3 Å². The van der Waals surface area contributed by atoms with Gasteiger partial charge in [-0.15, -0.1) is 0 Å². The summed E-state index contributed by atoms with van der Waals surface area (Å²) >= 11 is 6.36. The molecule has 0 spiro atoms. The quantitative estimate of drug-likeness (QED) is 0.353. The van der Waals surface area contributed by atoms with Crippen LogP contribution in [-0.2, 0) is 22.7 Å². The highest BCUT2D eigenvalue weighted by atomic mass is 35.5. The van der Waals surface area contributed by atoms with Crippen LogP contribution in [0.15, 0.2) is 71.5 Å². The molecule has 0 bridgehead atoms. The van der Waals surface area contributed by atoms with Crippen molar-refractivity contribution in [3.05, 3.63) is 98.8 Å². The van der Waals surface area contributed by atoms with Gasteiger partial charge in [-0.3, -0.25) is 14.5 Å². The fraction of sp³-hybridized carbons (Fsp3) is 0.222. The highest BCUT2D eigenvalue weighted by molar-refractivity contribution is 6.31. The number of methoxy groups -OCH3 is 1. The molecule has 0 saturated carbocycles. The van der Waals surface area contributed by atoms with Gasteiger partial charge in [0.15, 0.2) is 0 Å². The van der Waals surface area contributed by atoms with Crippen LogP contribution in [0.1, 0.15) is 16.7 Å². The smallest absolute Gasteiger partial charge is 0.319 e. The zero-order valence-electron chi connectivity index (χ0n) is 19.4. The highest BCUT2D eigenvalue weighted by Crippen LogP contribution is 2.28. The lowest BCUT2D eigenvalue weighted by Gasteiger charge is -2.23. The van der Waals surface area contributed by atoms with Gasteiger partial charge in [0.1, 0.15) is 0 Å². The number of benzene rings is 3. The minimum absolute atomic E-state index is 0.0124. The maximum absolute atomic E-state index is 13.4. The lowest BCUT2D eigenvalue weighted by atomic mass is 9.99. The summed E-state index contributed by atoms with van der Waals surface area (Å²) < 4.78 is 6.30. The molecule has 0 N–H and O–H groups in total. The van der Waals surface area contributed by atoms with Crippen molar-refractivity contribution < 1.29 is 9.53 Å². The maximum Gasteiger partial charge on any atom is 0.319 e. The number of ether oxygens (including phenoxy) is 1. The molecule has 1 aromatic heterocycles. The Balaban J connectivity index is 1.82. The van der Waals surface area contributed by atoms with Crippen LogP contribution in [0.4, 0.5) is 0 Å². The van der Waals surface area contributed by atoms with Crippen molar-refractivity contribution in [2.45, 2.75) is 27.1 Å². The van der Waals surface area contributed by atoms with Crippen LogP contribution in [0.5, 0.6) is 0 Å². The van der Waals surface area contributed by atoms with Crippen LogP contribution in [0.25, 0.3) is 22.0 Å². The van der Waals surface area contributed by atoms with E-state index in [0.717, 1.165) is 33.3 Å². The Bertz CT molecular complexity index is 1410. The summed E-state index contributed by atoms with van der Waals surface area (Å²) in [4.78, 5) is 27.4. The van der Waals surface area contributed by atoms with E-state index in [1.807, 2.05) is 56.3 Å². The van der Waals surface area contributed by atoms with Gasteiger partial charge in [-0.1, -0.05) is 65.7 Å². The van der Waals surface area contributed by atoms with Crippen LogP contribution < -0.4 is 5.56 Å². The van der Waals surface area contributed by atoms with Gasteiger partial charge < -0.3 is 4.74 Å². The number of halogens is 1. The number of aryl methyl sites for hydroxylation is 2. The van der Waals surface area contributed by atoms with Gasteiger partial charge in [-0.05, 0) is 43.2 Å². The number of carbonyl (C=O) groups excluding carboxylic acids is 1. The number of carbonyl (C=O) groups is 1. The minimum atomic E-state index is -0.407. The first kappa shape index (κ1) is 23.7. The standard InChI is InChI=1S/C27H26ClN3O3/c1-18-12-13-19(2)23(14-18)26-21-9-5-6-10-22(21)27(33)31(29-26)17-30(16-25(32)34-3)15-20-8-4-7-11-24(20)28/h4-14H,15-17H2,1-3H3. The van der Waals surface area contributed by atoms with Crippen LogP contribution in [0.2, 0.25) is 5.02 Å². The van der Waals surface area contributed by atoms with Crippen molar-refractivity contribution in [3.8, 4) is 11.3 Å². The normalized spacial score (nSPS) is 11.2. The Morgan fingerprint density at radius 2 is 1.74 bits per heavy atom. The van der Waals surface area contributed by atoms with E-state index in [9.17, 15) is 9.59 Å². The van der Waals surface area contributed by atoms with Gasteiger partial charge >= 0.3 is 5.97 Å². The van der Waals surface area contributed by atoms with Crippen LogP contribution in [0.3, 0.4) is 0 Å². The van der Waals surface area contributed by atoms with Crippen molar-refractivity contribution in [3.63, 3.8) is 0 Å². The number of rotatable bonds is 7. The van der Waals surface area contributed by atoms with Crippen molar-refractivity contribution in [1.29, 1.82) is 0 Å². The van der Waals surface area contributed by atoms with E-state index in [1.54, 1.807) is 11.0 Å². The monoisotopic (exact) mass is 475 g/mol. The number of fused-ring (bicyclic) bond motifs is 1. The molecule has 3 aromatic carbocycles. The molecule has 0 amide bonds. The predicted octanol–water partition coefficient (Wildman–Crippen LogP) is 4.97. The zero-order valence-corrected chi connectivity index (χ0v) is 20.2. The summed E-state index contributed by atoms with van der Waals surface area (Å²) in [5, 5.41) is 6.74. The van der Waals surface area contributed by atoms with Crippen molar-refractivity contribution in [1.82, 2.24) is 14.7 Å². The number of aromatic nitrogens is 2. The van der Waals surface area contributed by atoms with Gasteiger partial charge in [0.05, 0.1) is 31.4 Å². The van der Waals surface area contributed by atoms with Crippen molar-refractivity contribution in [2.24, 2.45) is 0 Å². The van der Waals surface area contributed by atoms with Gasteiger partial charge in [0, 0.05) is 22.5 Å². The van der Waals surface area contributed by atoms with Gasteiger partial charge in [-0.25, -0.2) is 4.68 Å². The average molecular weight is 476 g/mol. The molecule has 7 heteroatoms. The molecule has 0 aliphatic rings. The summed E-state index contributed by atoms with van der Waals surface area (Å²) in [7, 11) is 1.34. The Labute approximate surface area is 203 Å². The van der Waals surface area contributed by atoms with E-state index in [0.29, 0.717) is 17.0 Å². The molecular weight excluding hydrogens is 450 g/mol. The largest absolute Gasteiger partial charge is 0.468 e. The molecule has 34 heavy (non-hydrogen) atoms. The van der Waals surface area contributed by atoms with Gasteiger partial charge in [0.25, 0.3) is 5.56 Å². The molecular formula is C27H26ClN3O3. The molecule has 4 rings (SSSR count). The number of esters is 1. The average Bonchev–Trinajstić information content (AvgIpc) is 2.84. The Morgan fingerprint density at radius 1 is 1.03 bits per heavy atom. The zero-order chi connectivity index (χ0) is 24.2. The van der Waals surface area contributed by atoms with E-state index in [4.69, 9.17) is 21.4 Å². The lowest BCUT2D eigenvalue weighted by Crippen LogP contribution is -2.37. The van der Waals surface area contributed by atoms with E-state index in [-0.39, 0.29) is 18.8 Å². The second-order valence-electron chi connectivity index (χ2n) is 8.31. The minimum Gasteiger partial charge on any atom is -0.468 e. The molecule has 0 aliphatic heterocycles. The summed E-state index contributed by atoms with van der Waals surface area (Å²) in [6, 6.07) is 21.1. The molecule has 4 aromatic rings. The number of nitrogens with zero attached hydrogens (tertiary/aromatic N) is 3. The molecule has 0 atom stereocenters. The molecule has 0 fully saturated rings. The molecule has 0 unspecified atom stereocenters. The first-order valence-corrected chi connectivity index (χ1v) is 11.3. The van der Waals surface area contributed by atoms with Gasteiger partial charge in [-0.2, -0.15) is 5.10 Å². The molecule has 0 aliphatic carbocycles. The molecule has 6 nitrogen and oxygen atoms in total. The van der Waals surface area contributed by atoms with Crippen LogP contribution >= 0.6 is 11.6 Å². The second kappa shape index (κ2) is 10.2. The van der Waals surface area contributed by atoms with Crippen molar-refractivity contribution in [2.75, 3.05) is 13.7 Å². The van der Waals surface area contributed by atoms with Crippen LogP contribution in [-0.4, -0.2) is 34.3 Å². The maximum atomic E-state index is 13.4. The third-order valence-corrected chi connectivity index (χ3v) is 6.15. The molecule has 1 heterocycles. The van der Waals surface area contributed by atoms with E-state index >= 15 is 0 Å². The number of hydrogen-bond donors (Lipinski definition) is 0. The van der Waals surface area contributed by atoms with E-state index in [2.05, 4.69) is 18.2 Å². The Morgan fingerprint density at radius 3 is 2.47 bits per heavy atom. The molecule has 174 valence electrons. The Kier molecular flexibility index (Phi) is 7.10. The fourth-order valence-electron chi connectivity index (χ4n) is 3.98. The Hall–Kier alpha value is -3.48. The second-order valence-corrected chi connectivity index (χ2v) is 8.72. The topological polar surface area (TPSA) is 64.4 Å². The lowest BCUT2D eigenvalue weighted by molar-refractivity contribution is -0.142. The molecule has 0 saturated heterocycles. The first-order valence-electron chi connectivity index (χ1n) is 11.0. The van der Waals surface area contributed by atoms with Gasteiger partial charge in [0.2, 0.25) is 0 Å².